The average molecular weight is 209 g/mol. The Hall–Kier alpha value is -0.870. The summed E-state index contributed by atoms with van der Waals surface area (Å²) in [6.07, 6.45) is 6.29. The van der Waals surface area contributed by atoms with Crippen molar-refractivity contribution in [1.82, 2.24) is 9.88 Å². The zero-order valence-electron chi connectivity index (χ0n) is 9.28. The van der Waals surface area contributed by atoms with Crippen LogP contribution in [0, 0.1) is 0 Å². The summed E-state index contributed by atoms with van der Waals surface area (Å²) in [5.41, 5.74) is 5.48. The molecule has 2 heterocycles. The van der Waals surface area contributed by atoms with E-state index in [0.717, 1.165) is 31.0 Å². The van der Waals surface area contributed by atoms with Gasteiger partial charge in [-0.3, -0.25) is 4.90 Å². The van der Waals surface area contributed by atoms with Gasteiger partial charge in [0.1, 0.15) is 5.76 Å². The number of nitrogens with zero attached hydrogens (tertiary/aromatic N) is 2. The van der Waals surface area contributed by atoms with Gasteiger partial charge in [-0.05, 0) is 33.0 Å². The average Bonchev–Trinajstić information content (AvgIpc) is 2.68. The van der Waals surface area contributed by atoms with E-state index in [9.17, 15) is 0 Å². The molecule has 1 unspecified atom stereocenters. The molecule has 15 heavy (non-hydrogen) atoms. The van der Waals surface area contributed by atoms with Gasteiger partial charge in [-0.1, -0.05) is 6.42 Å². The molecule has 2 rings (SSSR count). The lowest BCUT2D eigenvalue weighted by Crippen LogP contribution is -2.29. The van der Waals surface area contributed by atoms with Crippen LogP contribution in [0.15, 0.2) is 10.6 Å². The van der Waals surface area contributed by atoms with Gasteiger partial charge in [-0.2, -0.15) is 0 Å². The maximum Gasteiger partial charge on any atom is 0.211 e. The second kappa shape index (κ2) is 4.77. The molecular weight excluding hydrogens is 190 g/mol. The fourth-order valence-electron chi connectivity index (χ4n) is 2.12. The van der Waals surface area contributed by atoms with Crippen LogP contribution in [0.5, 0.6) is 0 Å². The van der Waals surface area contributed by atoms with Crippen LogP contribution in [0.3, 0.4) is 0 Å². The van der Waals surface area contributed by atoms with Crippen molar-refractivity contribution in [2.75, 3.05) is 20.1 Å². The van der Waals surface area contributed by atoms with Gasteiger partial charge < -0.3 is 10.2 Å². The SMILES string of the molecule is CN1CCCCC1c1ncc(CCN)o1. The highest BCUT2D eigenvalue weighted by atomic mass is 16.4. The van der Waals surface area contributed by atoms with Crippen molar-refractivity contribution in [2.24, 2.45) is 5.73 Å². The van der Waals surface area contributed by atoms with Crippen LogP contribution in [0.1, 0.15) is 37.0 Å². The Balaban J connectivity index is 2.06. The minimum absolute atomic E-state index is 0.366. The molecule has 0 saturated carbocycles. The standard InChI is InChI=1S/C11H19N3O/c1-14-7-3-2-4-10(14)11-13-8-9(15-11)5-6-12/h8,10H,2-7,12H2,1H3. The summed E-state index contributed by atoms with van der Waals surface area (Å²) in [6.45, 7) is 1.76. The highest BCUT2D eigenvalue weighted by molar-refractivity contribution is 4.99. The van der Waals surface area contributed by atoms with Crippen LogP contribution in [0.2, 0.25) is 0 Å². The van der Waals surface area contributed by atoms with Crippen molar-refractivity contribution in [2.45, 2.75) is 31.7 Å². The normalized spacial score (nSPS) is 23.2. The van der Waals surface area contributed by atoms with E-state index in [1.54, 1.807) is 0 Å². The van der Waals surface area contributed by atoms with Crippen LogP contribution < -0.4 is 5.73 Å². The number of aromatic nitrogens is 1. The molecule has 1 atom stereocenters. The Morgan fingerprint density at radius 3 is 3.20 bits per heavy atom. The van der Waals surface area contributed by atoms with Gasteiger partial charge >= 0.3 is 0 Å². The molecule has 1 aliphatic heterocycles. The van der Waals surface area contributed by atoms with Gasteiger partial charge in [0.25, 0.3) is 0 Å². The molecule has 4 heteroatoms. The molecule has 0 amide bonds. The first-order chi connectivity index (χ1) is 7.31. The first-order valence-corrected chi connectivity index (χ1v) is 5.66. The van der Waals surface area contributed by atoms with Crippen molar-refractivity contribution in [3.05, 3.63) is 17.8 Å². The van der Waals surface area contributed by atoms with E-state index in [0.29, 0.717) is 12.6 Å². The predicted octanol–water partition coefficient (Wildman–Crippen LogP) is 1.33. The summed E-state index contributed by atoms with van der Waals surface area (Å²) in [7, 11) is 2.14. The summed E-state index contributed by atoms with van der Waals surface area (Å²) in [4.78, 5) is 6.67. The summed E-state index contributed by atoms with van der Waals surface area (Å²) >= 11 is 0. The lowest BCUT2D eigenvalue weighted by molar-refractivity contribution is 0.157. The second-order valence-corrected chi connectivity index (χ2v) is 4.20. The molecule has 0 aliphatic carbocycles. The van der Waals surface area contributed by atoms with Crippen molar-refractivity contribution in [3.8, 4) is 0 Å². The van der Waals surface area contributed by atoms with Crippen LogP contribution in [-0.4, -0.2) is 30.0 Å². The molecule has 0 aromatic carbocycles. The number of oxazole rings is 1. The Kier molecular flexibility index (Phi) is 3.38. The second-order valence-electron chi connectivity index (χ2n) is 4.20. The molecule has 0 radical (unpaired) electrons. The zero-order chi connectivity index (χ0) is 10.7. The zero-order valence-corrected chi connectivity index (χ0v) is 9.28. The highest BCUT2D eigenvalue weighted by Gasteiger charge is 2.24. The molecule has 1 aromatic heterocycles. The molecule has 0 spiro atoms. The molecule has 4 nitrogen and oxygen atoms in total. The third-order valence-corrected chi connectivity index (χ3v) is 3.02. The van der Waals surface area contributed by atoms with Crippen LogP contribution in [0.25, 0.3) is 0 Å². The number of hydrogen-bond acceptors (Lipinski definition) is 4. The third-order valence-electron chi connectivity index (χ3n) is 3.02. The Bertz CT molecular complexity index is 311. The predicted molar refractivity (Wildman–Crippen MR) is 58.5 cm³/mol. The van der Waals surface area contributed by atoms with Crippen molar-refractivity contribution in [3.63, 3.8) is 0 Å². The van der Waals surface area contributed by atoms with E-state index < -0.39 is 0 Å². The number of nitrogens with two attached hydrogens (primary N) is 1. The van der Waals surface area contributed by atoms with E-state index >= 15 is 0 Å². The summed E-state index contributed by atoms with van der Waals surface area (Å²) in [5, 5.41) is 0. The lowest BCUT2D eigenvalue weighted by atomic mass is 10.0. The van der Waals surface area contributed by atoms with E-state index in [-0.39, 0.29) is 0 Å². The van der Waals surface area contributed by atoms with E-state index in [1.165, 1.54) is 12.8 Å². The largest absolute Gasteiger partial charge is 0.444 e. The van der Waals surface area contributed by atoms with E-state index in [1.807, 2.05) is 6.20 Å². The fraction of sp³-hybridized carbons (Fsp3) is 0.727. The number of rotatable bonds is 3. The number of hydrogen-bond donors (Lipinski definition) is 1. The fourth-order valence-corrected chi connectivity index (χ4v) is 2.12. The highest BCUT2D eigenvalue weighted by Crippen LogP contribution is 2.28. The van der Waals surface area contributed by atoms with Gasteiger partial charge in [0.05, 0.1) is 12.2 Å². The number of piperidine rings is 1. The molecule has 1 aromatic rings. The van der Waals surface area contributed by atoms with Crippen LogP contribution >= 0.6 is 0 Å². The van der Waals surface area contributed by atoms with Gasteiger partial charge in [-0.25, -0.2) is 4.98 Å². The molecule has 1 saturated heterocycles. The molecule has 84 valence electrons. The maximum atomic E-state index is 5.70. The molecule has 1 aliphatic rings. The van der Waals surface area contributed by atoms with Gasteiger partial charge in [0.15, 0.2) is 0 Å². The van der Waals surface area contributed by atoms with E-state index in [2.05, 4.69) is 16.9 Å². The topological polar surface area (TPSA) is 55.3 Å². The molecule has 1 fully saturated rings. The van der Waals surface area contributed by atoms with Crippen molar-refractivity contribution in [1.29, 1.82) is 0 Å². The van der Waals surface area contributed by atoms with E-state index in [4.69, 9.17) is 10.2 Å². The molecule has 0 bridgehead atoms. The Morgan fingerprint density at radius 1 is 1.60 bits per heavy atom. The maximum absolute atomic E-state index is 5.70. The quantitative estimate of drug-likeness (QED) is 0.816. The Labute approximate surface area is 90.5 Å². The lowest BCUT2D eigenvalue weighted by Gasteiger charge is -2.29. The van der Waals surface area contributed by atoms with Gasteiger partial charge in [-0.15, -0.1) is 0 Å². The first kappa shape index (κ1) is 10.6. The van der Waals surface area contributed by atoms with Crippen LogP contribution in [-0.2, 0) is 6.42 Å². The minimum atomic E-state index is 0.366. The molecule has 2 N–H and O–H groups in total. The minimum Gasteiger partial charge on any atom is -0.444 e. The first-order valence-electron chi connectivity index (χ1n) is 5.66. The summed E-state index contributed by atoms with van der Waals surface area (Å²) in [5.74, 6) is 1.77. The summed E-state index contributed by atoms with van der Waals surface area (Å²) in [6, 6.07) is 0.366. The van der Waals surface area contributed by atoms with Gasteiger partial charge in [0, 0.05) is 6.42 Å². The van der Waals surface area contributed by atoms with Crippen LogP contribution in [0.4, 0.5) is 0 Å². The van der Waals surface area contributed by atoms with Crippen molar-refractivity contribution < 1.29 is 4.42 Å². The smallest absolute Gasteiger partial charge is 0.211 e. The van der Waals surface area contributed by atoms with Crippen molar-refractivity contribution >= 4 is 0 Å². The summed E-state index contributed by atoms with van der Waals surface area (Å²) < 4.78 is 5.70. The molecular formula is C11H19N3O. The third kappa shape index (κ3) is 2.38. The van der Waals surface area contributed by atoms with Gasteiger partial charge in [0.2, 0.25) is 5.89 Å². The monoisotopic (exact) mass is 209 g/mol. The number of likely N-dealkylation sites (tertiary alicyclic amines) is 1. The Morgan fingerprint density at radius 2 is 2.47 bits per heavy atom.